The molecule has 226 valence electrons. The van der Waals surface area contributed by atoms with Gasteiger partial charge in [-0.1, -0.05) is 47.5 Å². The van der Waals surface area contributed by atoms with Crippen molar-refractivity contribution < 1.29 is 48.6 Å². The lowest BCUT2D eigenvalue weighted by Gasteiger charge is -2.40. The summed E-state index contributed by atoms with van der Waals surface area (Å²) in [5.74, 6) is -1.03. The summed E-state index contributed by atoms with van der Waals surface area (Å²) in [6, 6.07) is 8.84. The molecule has 1 saturated heterocycles. The number of ether oxygens (including phenoxy) is 5. The second-order valence-corrected chi connectivity index (χ2v) is 11.5. The summed E-state index contributed by atoms with van der Waals surface area (Å²) in [4.78, 5) is 25.1. The van der Waals surface area contributed by atoms with Gasteiger partial charge in [0.2, 0.25) is 0 Å². The number of halogens is 2. The van der Waals surface area contributed by atoms with Crippen LogP contribution >= 0.6 is 23.2 Å². The van der Waals surface area contributed by atoms with Crippen LogP contribution in [0.1, 0.15) is 54.2 Å². The number of aryl methyl sites for hydroxylation is 1. The number of hydrogen-bond donors (Lipinski definition) is 3. The fourth-order valence-electron chi connectivity index (χ4n) is 4.28. The summed E-state index contributed by atoms with van der Waals surface area (Å²) in [7, 11) is 1.27. The minimum Gasteiger partial charge on any atom is -0.486 e. The van der Waals surface area contributed by atoms with Crippen LogP contribution in [0.2, 0.25) is 10.0 Å². The van der Waals surface area contributed by atoms with Gasteiger partial charge < -0.3 is 39.0 Å². The van der Waals surface area contributed by atoms with Crippen LogP contribution in [0.25, 0.3) is 0 Å². The zero-order chi connectivity index (χ0) is 30.5. The third-order valence-electron chi connectivity index (χ3n) is 6.35. The van der Waals surface area contributed by atoms with E-state index in [2.05, 4.69) is 0 Å². The number of aliphatic hydroxyl groups is 3. The van der Waals surface area contributed by atoms with E-state index in [0.29, 0.717) is 12.0 Å². The van der Waals surface area contributed by atoms with E-state index in [-0.39, 0.29) is 40.4 Å². The summed E-state index contributed by atoms with van der Waals surface area (Å²) in [6.07, 6.45) is -6.11. The Labute approximate surface area is 249 Å². The first-order valence-electron chi connectivity index (χ1n) is 13.0. The van der Waals surface area contributed by atoms with E-state index >= 15 is 0 Å². The van der Waals surface area contributed by atoms with Gasteiger partial charge in [0.05, 0.1) is 22.2 Å². The van der Waals surface area contributed by atoms with Gasteiger partial charge >= 0.3 is 11.9 Å². The van der Waals surface area contributed by atoms with Crippen LogP contribution in [-0.2, 0) is 36.8 Å². The normalized spacial score (nSPS) is 22.7. The van der Waals surface area contributed by atoms with Crippen molar-refractivity contribution in [2.45, 2.75) is 83.5 Å². The molecule has 0 aliphatic carbocycles. The molecule has 0 spiro atoms. The maximum absolute atomic E-state index is 13.1. The molecule has 2 aromatic carbocycles. The monoisotopic (exact) mass is 614 g/mol. The smallest absolute Gasteiger partial charge is 0.338 e. The SMILES string of the molecule is CO[C@H]1O[C@H](CO)[C@@H](O)[C@H](OC(=O)c2cc(Cl)c(OCc3cccc(CCC(=O)OC(C)(C)C)c3)c(Cl)c2C)[C@H]1O. The number of methoxy groups -OCH3 is 1. The van der Waals surface area contributed by atoms with Crippen LogP contribution in [0.15, 0.2) is 30.3 Å². The van der Waals surface area contributed by atoms with Gasteiger partial charge in [0.15, 0.2) is 18.1 Å². The molecule has 1 fully saturated rings. The Kier molecular flexibility index (Phi) is 11.4. The Balaban J connectivity index is 1.70. The molecule has 0 unspecified atom stereocenters. The third-order valence-corrected chi connectivity index (χ3v) is 7.09. The first-order chi connectivity index (χ1) is 19.2. The van der Waals surface area contributed by atoms with E-state index in [1.54, 1.807) is 6.92 Å². The van der Waals surface area contributed by atoms with Gasteiger partial charge in [-0.3, -0.25) is 4.79 Å². The maximum Gasteiger partial charge on any atom is 0.338 e. The highest BCUT2D eigenvalue weighted by Crippen LogP contribution is 2.39. The molecule has 12 heteroatoms. The number of carbonyl (C=O) groups excluding carboxylic acids is 2. The molecule has 0 amide bonds. The van der Waals surface area contributed by atoms with Crippen molar-refractivity contribution in [2.24, 2.45) is 0 Å². The van der Waals surface area contributed by atoms with Crippen LogP contribution in [0.5, 0.6) is 5.75 Å². The molecule has 0 aromatic heterocycles. The molecule has 1 aliphatic heterocycles. The van der Waals surface area contributed by atoms with Crippen molar-refractivity contribution in [1.29, 1.82) is 0 Å². The van der Waals surface area contributed by atoms with E-state index in [0.717, 1.165) is 11.1 Å². The fourth-order valence-corrected chi connectivity index (χ4v) is 4.85. The van der Waals surface area contributed by atoms with Crippen molar-refractivity contribution >= 4 is 35.1 Å². The van der Waals surface area contributed by atoms with Crippen LogP contribution in [0.3, 0.4) is 0 Å². The Morgan fingerprint density at radius 3 is 2.39 bits per heavy atom. The average molecular weight is 616 g/mol. The summed E-state index contributed by atoms with van der Waals surface area (Å²) in [5, 5.41) is 30.5. The lowest BCUT2D eigenvalue weighted by atomic mass is 9.98. The number of esters is 2. The quantitative estimate of drug-likeness (QED) is 0.339. The van der Waals surface area contributed by atoms with Crippen molar-refractivity contribution in [3.05, 3.63) is 62.6 Å². The molecule has 1 aliphatic rings. The van der Waals surface area contributed by atoms with Gasteiger partial charge in [0, 0.05) is 13.5 Å². The topological polar surface area (TPSA) is 141 Å². The molecule has 3 N–H and O–H groups in total. The van der Waals surface area contributed by atoms with Gasteiger partial charge in [0.25, 0.3) is 0 Å². The van der Waals surface area contributed by atoms with Gasteiger partial charge in [-0.25, -0.2) is 4.79 Å². The molecule has 5 atom stereocenters. The van der Waals surface area contributed by atoms with E-state index in [1.165, 1.54) is 13.2 Å². The Bertz CT molecular complexity index is 1210. The highest BCUT2D eigenvalue weighted by molar-refractivity contribution is 6.38. The third kappa shape index (κ3) is 8.54. The molecule has 10 nitrogen and oxygen atoms in total. The van der Waals surface area contributed by atoms with Crippen molar-refractivity contribution in [3.8, 4) is 5.75 Å². The van der Waals surface area contributed by atoms with E-state index < -0.39 is 48.9 Å². The number of hydrogen-bond acceptors (Lipinski definition) is 10. The van der Waals surface area contributed by atoms with Gasteiger partial charge in [0.1, 0.15) is 30.5 Å². The first kappa shape index (κ1) is 33.1. The number of benzene rings is 2. The highest BCUT2D eigenvalue weighted by Gasteiger charge is 2.47. The molecular weight excluding hydrogens is 579 g/mol. The number of aliphatic hydroxyl groups excluding tert-OH is 3. The maximum atomic E-state index is 13.1. The van der Waals surface area contributed by atoms with E-state index in [4.69, 9.17) is 46.9 Å². The van der Waals surface area contributed by atoms with E-state index in [9.17, 15) is 24.9 Å². The Morgan fingerprint density at radius 1 is 1.07 bits per heavy atom. The summed E-state index contributed by atoms with van der Waals surface area (Å²) < 4.78 is 27.0. The largest absolute Gasteiger partial charge is 0.486 e. The summed E-state index contributed by atoms with van der Waals surface area (Å²) >= 11 is 13.0. The lowest BCUT2D eigenvalue weighted by Crippen LogP contribution is -2.60. The Morgan fingerprint density at radius 2 is 1.76 bits per heavy atom. The van der Waals surface area contributed by atoms with Crippen molar-refractivity contribution in [1.82, 2.24) is 0 Å². The van der Waals surface area contributed by atoms with Crippen molar-refractivity contribution in [3.63, 3.8) is 0 Å². The number of rotatable bonds is 10. The van der Waals surface area contributed by atoms with Crippen molar-refractivity contribution in [2.75, 3.05) is 13.7 Å². The zero-order valence-electron chi connectivity index (χ0n) is 23.6. The van der Waals surface area contributed by atoms with E-state index in [1.807, 2.05) is 45.0 Å². The molecule has 2 aromatic rings. The second-order valence-electron chi connectivity index (χ2n) is 10.7. The van der Waals surface area contributed by atoms with Gasteiger partial charge in [-0.05, 0) is 56.9 Å². The predicted molar refractivity (Wildman–Crippen MR) is 150 cm³/mol. The van der Waals surface area contributed by atoms with Crippen LogP contribution in [-0.4, -0.2) is 77.3 Å². The zero-order valence-corrected chi connectivity index (χ0v) is 25.1. The molecular formula is C29H36Cl2O10. The minimum atomic E-state index is -1.52. The minimum absolute atomic E-state index is 0.00287. The summed E-state index contributed by atoms with van der Waals surface area (Å²) in [6.45, 7) is 6.57. The second kappa shape index (κ2) is 14.2. The summed E-state index contributed by atoms with van der Waals surface area (Å²) in [5.41, 5.74) is 1.50. The van der Waals surface area contributed by atoms with Crippen LogP contribution < -0.4 is 4.74 Å². The first-order valence-corrected chi connectivity index (χ1v) is 13.8. The van der Waals surface area contributed by atoms with Gasteiger partial charge in [-0.2, -0.15) is 0 Å². The van der Waals surface area contributed by atoms with Gasteiger partial charge in [-0.15, -0.1) is 0 Å². The highest BCUT2D eigenvalue weighted by atomic mass is 35.5. The van der Waals surface area contributed by atoms with Crippen LogP contribution in [0, 0.1) is 6.92 Å². The average Bonchev–Trinajstić information content (AvgIpc) is 2.91. The molecule has 3 rings (SSSR count). The molecule has 0 radical (unpaired) electrons. The van der Waals surface area contributed by atoms with Crippen LogP contribution in [0.4, 0.5) is 0 Å². The molecule has 1 heterocycles. The fraction of sp³-hybridized carbons (Fsp3) is 0.517. The number of carbonyl (C=O) groups is 2. The Hall–Kier alpha value is -2.44. The predicted octanol–water partition coefficient (Wildman–Crippen LogP) is 3.77. The molecule has 0 bridgehead atoms. The molecule has 41 heavy (non-hydrogen) atoms. The molecule has 0 saturated carbocycles. The lowest BCUT2D eigenvalue weighted by molar-refractivity contribution is -0.293. The standard InChI is InChI=1S/C29H36Cl2O10/c1-15-18(27(36)40-26-23(34)20(13-32)39-28(37-5)24(26)35)12-19(30)25(22(15)31)38-14-17-8-6-7-16(11-17)9-10-21(33)41-29(2,3)4/h6-8,11-12,20,23-24,26,28,32,34-35H,9-10,13-14H2,1-5H3/t20-,23-,24-,26+,28+/m1/s1.